The fourth-order valence-electron chi connectivity index (χ4n) is 4.03. The third-order valence-corrected chi connectivity index (χ3v) is 6.74. The van der Waals surface area contributed by atoms with Gasteiger partial charge in [0.25, 0.3) is 11.2 Å². The number of phenols is 1. The fourth-order valence-corrected chi connectivity index (χ4v) is 5.07. The Morgan fingerprint density at radius 1 is 1.16 bits per heavy atom. The van der Waals surface area contributed by atoms with Crippen LogP contribution in [0.15, 0.2) is 57.5 Å². The highest BCUT2D eigenvalue weighted by atomic mass is 32.1. The third kappa shape index (κ3) is 4.63. The summed E-state index contributed by atoms with van der Waals surface area (Å²) in [5.41, 5.74) is 0.135. The van der Waals surface area contributed by atoms with Crippen LogP contribution in [0.1, 0.15) is 36.6 Å². The van der Waals surface area contributed by atoms with E-state index in [9.17, 15) is 34.9 Å². The lowest BCUT2D eigenvalue weighted by molar-refractivity contribution is -0.385. The molecule has 0 spiro atoms. The Labute approximate surface area is 212 Å². The summed E-state index contributed by atoms with van der Waals surface area (Å²) in [5.74, 6) is -1.22. The number of aromatic hydroxyl groups is 1. The molecule has 1 N–H and O–H groups in total. The molecular weight excluding hydrogens is 504 g/mol. The Morgan fingerprint density at radius 2 is 1.86 bits per heavy atom. The van der Waals surface area contributed by atoms with E-state index in [-0.39, 0.29) is 27.2 Å². The number of nitrogens with zero attached hydrogens (tertiary/aromatic N) is 4. The average Bonchev–Trinajstić information content (AvgIpc) is 3.13. The number of hydrogen-bond donors (Lipinski definition) is 1. The first-order valence-corrected chi connectivity index (χ1v) is 11.8. The van der Waals surface area contributed by atoms with Gasteiger partial charge in [-0.25, -0.2) is 9.79 Å². The second-order valence-corrected chi connectivity index (χ2v) is 9.12. The van der Waals surface area contributed by atoms with E-state index in [1.807, 2.05) is 0 Å². The van der Waals surface area contributed by atoms with E-state index in [1.54, 1.807) is 26.8 Å². The number of thiazole rings is 1. The van der Waals surface area contributed by atoms with Crippen molar-refractivity contribution in [2.24, 2.45) is 4.99 Å². The van der Waals surface area contributed by atoms with Gasteiger partial charge in [0.05, 0.1) is 38.3 Å². The van der Waals surface area contributed by atoms with Crippen LogP contribution in [-0.4, -0.2) is 32.1 Å². The number of fused-ring (bicyclic) bond motifs is 1. The van der Waals surface area contributed by atoms with Crippen LogP contribution in [0.2, 0.25) is 0 Å². The van der Waals surface area contributed by atoms with E-state index in [2.05, 4.69) is 4.99 Å². The molecule has 190 valence electrons. The molecule has 4 rings (SSSR count). The van der Waals surface area contributed by atoms with Gasteiger partial charge in [0.2, 0.25) is 0 Å². The minimum atomic E-state index is -1.05. The van der Waals surface area contributed by atoms with E-state index < -0.39 is 38.9 Å². The quantitative estimate of drug-likeness (QED) is 0.292. The average molecular weight is 525 g/mol. The molecule has 0 radical (unpaired) electrons. The molecule has 1 aliphatic heterocycles. The minimum Gasteiger partial charge on any atom is -0.502 e. The van der Waals surface area contributed by atoms with Crippen LogP contribution in [0.3, 0.4) is 0 Å². The number of aryl methyl sites for hydroxylation is 1. The van der Waals surface area contributed by atoms with Gasteiger partial charge in [0, 0.05) is 17.7 Å². The predicted molar refractivity (Wildman–Crippen MR) is 133 cm³/mol. The second-order valence-electron chi connectivity index (χ2n) is 8.11. The second kappa shape index (κ2) is 9.78. The van der Waals surface area contributed by atoms with Crippen LogP contribution in [-0.2, 0) is 9.53 Å². The first-order valence-electron chi connectivity index (χ1n) is 11.0. The van der Waals surface area contributed by atoms with Gasteiger partial charge in [0.15, 0.2) is 10.6 Å². The number of carbonyl (C=O) groups is 1. The summed E-state index contributed by atoms with van der Waals surface area (Å²) < 4.78 is 6.63. The Morgan fingerprint density at radius 3 is 2.51 bits per heavy atom. The number of hydrogen-bond acceptors (Lipinski definition) is 10. The van der Waals surface area contributed by atoms with Crippen LogP contribution in [0.5, 0.6) is 5.75 Å². The van der Waals surface area contributed by atoms with Gasteiger partial charge in [0.1, 0.15) is 0 Å². The summed E-state index contributed by atoms with van der Waals surface area (Å²) in [6.07, 6.45) is 1.41. The molecule has 0 amide bonds. The van der Waals surface area contributed by atoms with E-state index >= 15 is 0 Å². The van der Waals surface area contributed by atoms with Crippen molar-refractivity contribution in [3.63, 3.8) is 0 Å². The van der Waals surface area contributed by atoms with E-state index in [0.717, 1.165) is 23.5 Å². The van der Waals surface area contributed by atoms with Crippen molar-refractivity contribution in [3.05, 3.63) is 104 Å². The van der Waals surface area contributed by atoms with Gasteiger partial charge < -0.3 is 9.84 Å². The van der Waals surface area contributed by atoms with Gasteiger partial charge in [-0.15, -0.1) is 0 Å². The van der Waals surface area contributed by atoms with Crippen molar-refractivity contribution in [2.45, 2.75) is 26.8 Å². The number of allylic oxidation sites excluding steroid dienone is 1. The van der Waals surface area contributed by atoms with Crippen LogP contribution in [0.25, 0.3) is 6.08 Å². The molecule has 1 atom stereocenters. The molecular formula is C24H20N4O8S. The molecule has 1 aromatic heterocycles. The predicted octanol–water partition coefficient (Wildman–Crippen LogP) is 2.63. The highest BCUT2D eigenvalue weighted by molar-refractivity contribution is 7.07. The smallest absolute Gasteiger partial charge is 0.338 e. The Kier molecular flexibility index (Phi) is 6.72. The van der Waals surface area contributed by atoms with Crippen molar-refractivity contribution in [1.82, 2.24) is 4.57 Å². The van der Waals surface area contributed by atoms with Crippen molar-refractivity contribution in [1.29, 1.82) is 0 Å². The van der Waals surface area contributed by atoms with Gasteiger partial charge in [-0.2, -0.15) is 0 Å². The number of rotatable bonds is 6. The molecule has 12 nitrogen and oxygen atoms in total. The summed E-state index contributed by atoms with van der Waals surface area (Å²) >= 11 is 0.994. The van der Waals surface area contributed by atoms with E-state index in [0.29, 0.717) is 22.4 Å². The van der Waals surface area contributed by atoms with E-state index in [4.69, 9.17) is 4.74 Å². The van der Waals surface area contributed by atoms with Gasteiger partial charge in [-0.3, -0.25) is 29.6 Å². The number of carbonyl (C=O) groups excluding carboxylic acids is 1. The molecule has 0 aliphatic carbocycles. The van der Waals surface area contributed by atoms with Crippen LogP contribution >= 0.6 is 11.3 Å². The van der Waals surface area contributed by atoms with E-state index in [1.165, 1.54) is 28.8 Å². The monoisotopic (exact) mass is 524 g/mol. The molecule has 13 heteroatoms. The molecule has 0 saturated heterocycles. The number of nitro groups is 2. The molecule has 37 heavy (non-hydrogen) atoms. The number of esters is 1. The van der Waals surface area contributed by atoms with Crippen LogP contribution in [0, 0.1) is 27.2 Å². The summed E-state index contributed by atoms with van der Waals surface area (Å²) in [6.45, 7) is 4.87. The topological polar surface area (TPSA) is 167 Å². The lowest BCUT2D eigenvalue weighted by Crippen LogP contribution is -2.40. The lowest BCUT2D eigenvalue weighted by atomic mass is 9.94. The fraction of sp³-hybridized carbons (Fsp3) is 0.208. The van der Waals surface area contributed by atoms with Gasteiger partial charge in [-0.05, 0) is 44.0 Å². The maximum atomic E-state index is 13.6. The lowest BCUT2D eigenvalue weighted by Gasteiger charge is -2.24. The van der Waals surface area contributed by atoms with Crippen LogP contribution in [0.4, 0.5) is 11.4 Å². The Hall–Kier alpha value is -4.65. The molecule has 0 bridgehead atoms. The number of phenolic OH excluding ortho intramolecular Hbond substituents is 1. The van der Waals surface area contributed by atoms with Crippen LogP contribution < -0.4 is 14.9 Å². The summed E-state index contributed by atoms with van der Waals surface area (Å²) in [5, 5.41) is 32.5. The SMILES string of the molecule is CCOC(=O)C1=C(C)N=c2s/c(=C/c3ccc(O)c([N+](=O)[O-])c3)c(=O)n2[C@@H]1c1ccc(C)c([N+](=O)[O-])c1. The summed E-state index contributed by atoms with van der Waals surface area (Å²) in [4.78, 5) is 52.7. The Bertz CT molecular complexity index is 1690. The largest absolute Gasteiger partial charge is 0.502 e. The zero-order valence-electron chi connectivity index (χ0n) is 19.8. The first-order chi connectivity index (χ1) is 17.5. The standard InChI is InChI=1S/C24H20N4O8S/c1-4-36-23(31)20-13(3)25-24-26(21(20)15-7-5-12(2)16(11-15)27(32)33)22(30)19(37-24)10-14-6-8-18(29)17(9-14)28(34)35/h5-11,21,29H,4H2,1-3H3/b19-10+/t21-/m1/s1. The van der Waals surface area contributed by atoms with Crippen molar-refractivity contribution >= 4 is 34.8 Å². The third-order valence-electron chi connectivity index (χ3n) is 5.76. The summed E-state index contributed by atoms with van der Waals surface area (Å²) in [6, 6.07) is 7.10. The maximum absolute atomic E-state index is 13.6. The molecule has 3 aromatic rings. The molecule has 2 aromatic carbocycles. The molecule has 2 heterocycles. The van der Waals surface area contributed by atoms with Crippen molar-refractivity contribution in [2.75, 3.05) is 6.61 Å². The number of aromatic nitrogens is 1. The summed E-state index contributed by atoms with van der Waals surface area (Å²) in [7, 11) is 0. The zero-order chi connectivity index (χ0) is 27.0. The number of ether oxygens (including phenoxy) is 1. The molecule has 0 unspecified atom stereocenters. The molecule has 1 aliphatic rings. The van der Waals surface area contributed by atoms with Crippen molar-refractivity contribution < 1.29 is 24.5 Å². The Balaban J connectivity index is 1.98. The number of benzene rings is 2. The maximum Gasteiger partial charge on any atom is 0.338 e. The number of nitro benzene ring substituents is 2. The minimum absolute atomic E-state index is 0.0687. The highest BCUT2D eigenvalue weighted by Gasteiger charge is 2.34. The first kappa shape index (κ1) is 25.4. The van der Waals surface area contributed by atoms with Gasteiger partial charge in [-0.1, -0.05) is 29.5 Å². The zero-order valence-corrected chi connectivity index (χ0v) is 20.6. The normalized spacial score (nSPS) is 15.2. The molecule has 0 saturated carbocycles. The highest BCUT2D eigenvalue weighted by Crippen LogP contribution is 2.33. The molecule has 0 fully saturated rings. The van der Waals surface area contributed by atoms with Crippen molar-refractivity contribution in [3.8, 4) is 5.75 Å². The van der Waals surface area contributed by atoms with Gasteiger partial charge >= 0.3 is 11.7 Å².